The Bertz CT molecular complexity index is 1200. The maximum Gasteiger partial charge on any atom is 0.224 e. The third-order valence-electron chi connectivity index (χ3n) is 10.1. The molecule has 336 valence electrons. The van der Waals surface area contributed by atoms with Gasteiger partial charge in [0.2, 0.25) is 5.79 Å². The summed E-state index contributed by atoms with van der Waals surface area (Å²) in [5.41, 5.74) is 0. The molecule has 0 spiro atoms. The zero-order valence-electron chi connectivity index (χ0n) is 29.8. The molecule has 0 saturated carbocycles. The van der Waals surface area contributed by atoms with Gasteiger partial charge in [-0.05, 0) is 0 Å². The van der Waals surface area contributed by atoms with Gasteiger partial charge < -0.3 is 135 Å². The summed E-state index contributed by atoms with van der Waals surface area (Å²) in [7, 11) is 0. The number of aliphatic hydroxyl groups excluding tert-OH is 19. The van der Waals surface area contributed by atoms with Gasteiger partial charge in [0.25, 0.3) is 0 Å². The lowest BCUT2D eigenvalue weighted by molar-refractivity contribution is -0.400. The number of hydrogen-bond acceptors (Lipinski definition) is 27. The zero-order chi connectivity index (χ0) is 42.7. The minimum atomic E-state index is -2.43. The lowest BCUT2D eigenvalue weighted by atomic mass is 9.97. The SMILES string of the molecule is OC[C@H]1O[C@@H](O[C@H]2[C@H](O)[C@@H](O)[C@H](O)O[C@@H]2CO)[C@H](O)[C@@H](O)[C@@H]1O.OC[C@H]1O[C@@](CO)(O[C@H]2O[C@H](CO)[C@@H](O)[C@H](O)[C@H]2O)[C@@H](O[C@H]2O[C@H](CO)[C@@H](O)[C@H](O)[C@H]2O)[C@@H]1O. The summed E-state index contributed by atoms with van der Waals surface area (Å²) in [6, 6.07) is 0. The van der Waals surface area contributed by atoms with E-state index < -0.39 is 187 Å². The Labute approximate surface area is 321 Å². The van der Waals surface area contributed by atoms with Gasteiger partial charge in [-0.2, -0.15) is 0 Å². The molecule has 57 heavy (non-hydrogen) atoms. The van der Waals surface area contributed by atoms with Crippen LogP contribution in [0.4, 0.5) is 0 Å². The van der Waals surface area contributed by atoms with Crippen molar-refractivity contribution in [2.45, 2.75) is 147 Å². The predicted octanol–water partition coefficient (Wildman–Crippen LogP) is -13.0. The van der Waals surface area contributed by atoms with Crippen molar-refractivity contribution in [1.82, 2.24) is 0 Å². The Morgan fingerprint density at radius 1 is 0.368 bits per heavy atom. The smallest absolute Gasteiger partial charge is 0.224 e. The minimum Gasteiger partial charge on any atom is -0.394 e. The van der Waals surface area contributed by atoms with Crippen molar-refractivity contribution in [2.75, 3.05) is 39.6 Å². The Morgan fingerprint density at radius 3 is 1.19 bits per heavy atom. The van der Waals surface area contributed by atoms with Crippen LogP contribution in [0.5, 0.6) is 0 Å². The first-order valence-corrected chi connectivity index (χ1v) is 17.6. The van der Waals surface area contributed by atoms with Crippen LogP contribution in [0.1, 0.15) is 0 Å². The van der Waals surface area contributed by atoms with Gasteiger partial charge in [-0.3, -0.25) is 0 Å². The summed E-state index contributed by atoms with van der Waals surface area (Å²) in [6.07, 6.45) is -37.9. The zero-order valence-corrected chi connectivity index (χ0v) is 29.8. The molecule has 19 N–H and O–H groups in total. The lowest BCUT2D eigenvalue weighted by Crippen LogP contribution is -2.64. The largest absolute Gasteiger partial charge is 0.394 e. The van der Waals surface area contributed by atoms with Crippen molar-refractivity contribution in [2.24, 2.45) is 0 Å². The molecule has 0 aliphatic carbocycles. The fraction of sp³-hybridized carbons (Fsp3) is 1.00. The highest BCUT2D eigenvalue weighted by molar-refractivity contribution is 5.01. The van der Waals surface area contributed by atoms with E-state index >= 15 is 0 Å². The highest BCUT2D eigenvalue weighted by Gasteiger charge is 2.61. The minimum absolute atomic E-state index is 0.667. The topological polar surface area (TPSA) is 458 Å². The van der Waals surface area contributed by atoms with Crippen LogP contribution in [-0.2, 0) is 37.9 Å². The van der Waals surface area contributed by atoms with E-state index in [1.54, 1.807) is 0 Å². The van der Waals surface area contributed by atoms with Crippen LogP contribution in [0.2, 0.25) is 0 Å². The van der Waals surface area contributed by atoms with Crippen molar-refractivity contribution >= 4 is 0 Å². The maximum absolute atomic E-state index is 10.6. The normalized spacial score (nSPS) is 51.9. The van der Waals surface area contributed by atoms with E-state index in [1.165, 1.54) is 0 Å². The molecule has 0 unspecified atom stereocenters. The summed E-state index contributed by atoms with van der Waals surface area (Å²) in [4.78, 5) is 0. The molecule has 5 fully saturated rings. The van der Waals surface area contributed by atoms with Crippen LogP contribution in [-0.4, -0.2) is 284 Å². The third-order valence-corrected chi connectivity index (χ3v) is 10.1. The quantitative estimate of drug-likeness (QED) is 0.0867. The second-order valence-electron chi connectivity index (χ2n) is 13.9. The molecular formula is C30H54O27. The Morgan fingerprint density at radius 2 is 0.772 bits per heavy atom. The van der Waals surface area contributed by atoms with Crippen LogP contribution in [0, 0.1) is 0 Å². The van der Waals surface area contributed by atoms with Crippen molar-refractivity contribution in [3.8, 4) is 0 Å². The predicted molar refractivity (Wildman–Crippen MR) is 170 cm³/mol. The molecule has 27 nitrogen and oxygen atoms in total. The van der Waals surface area contributed by atoms with Gasteiger partial charge >= 0.3 is 0 Å². The third kappa shape index (κ3) is 10.0. The second-order valence-corrected chi connectivity index (χ2v) is 13.9. The first-order chi connectivity index (χ1) is 26.9. The van der Waals surface area contributed by atoms with E-state index in [4.69, 9.17) is 43.0 Å². The number of aliphatic hydroxyl groups is 19. The van der Waals surface area contributed by atoms with E-state index in [2.05, 4.69) is 0 Å². The molecule has 24 atom stereocenters. The van der Waals surface area contributed by atoms with E-state index in [0.717, 1.165) is 0 Å². The summed E-state index contributed by atoms with van der Waals surface area (Å²) >= 11 is 0. The van der Waals surface area contributed by atoms with Crippen molar-refractivity contribution in [3.63, 3.8) is 0 Å². The van der Waals surface area contributed by atoms with E-state index in [1.807, 2.05) is 0 Å². The van der Waals surface area contributed by atoms with E-state index in [9.17, 15) is 91.9 Å². The summed E-state index contributed by atoms with van der Waals surface area (Å²) < 4.78 is 42.2. The van der Waals surface area contributed by atoms with Crippen molar-refractivity contribution in [1.29, 1.82) is 0 Å². The number of rotatable bonds is 12. The summed E-state index contributed by atoms with van der Waals surface area (Å²) in [5.74, 6) is -2.43. The number of hydrogen-bond donors (Lipinski definition) is 19. The Kier molecular flexibility index (Phi) is 17.6. The number of ether oxygens (including phenoxy) is 8. The molecule has 0 aromatic heterocycles. The second kappa shape index (κ2) is 20.7. The molecule has 5 aliphatic rings. The Hall–Kier alpha value is -1.08. The fourth-order valence-corrected chi connectivity index (χ4v) is 6.69. The van der Waals surface area contributed by atoms with Gasteiger partial charge in [0.05, 0.1) is 33.0 Å². The van der Waals surface area contributed by atoms with Gasteiger partial charge in [0, 0.05) is 0 Å². The van der Waals surface area contributed by atoms with Crippen molar-refractivity contribution < 1.29 is 135 Å². The summed E-state index contributed by atoms with van der Waals surface area (Å²) in [6.45, 7) is -4.83. The molecule has 27 heteroatoms. The van der Waals surface area contributed by atoms with E-state index in [0.29, 0.717) is 0 Å². The highest BCUT2D eigenvalue weighted by atomic mass is 16.8. The fourth-order valence-electron chi connectivity index (χ4n) is 6.69. The van der Waals surface area contributed by atoms with Gasteiger partial charge in [-0.25, -0.2) is 0 Å². The standard InChI is InChI=1S/C18H32O16.C12H22O11/c19-1-5-8(23)11(26)13(28)16(30-5)32-15-10(25)7(3-21)33-18(15,4-22)34-17-14(29)12(27)9(24)6(2-20)31-17;13-1-3-5(15)6(16)9(19)12(22-3)23-10-4(2-14)21-11(20)8(18)7(10)17/h5-17,19-29H,1-4H2;3-20H,1-2H2/t5-,6-,7-,8-,9-,10-,11+,12+,13-,14-,15+,16-,17-,18+;3-,4-,5-,6+,7-,8-,9-,10-,11-,12+/m11/s1. The molecule has 5 saturated heterocycles. The van der Waals surface area contributed by atoms with Crippen LogP contribution >= 0.6 is 0 Å². The summed E-state index contributed by atoms with van der Waals surface area (Å²) in [5, 5.41) is 186. The van der Waals surface area contributed by atoms with Crippen molar-refractivity contribution in [3.05, 3.63) is 0 Å². The average Bonchev–Trinajstić information content (AvgIpc) is 3.47. The molecule has 0 amide bonds. The molecule has 0 bridgehead atoms. The first kappa shape index (κ1) is 48.6. The van der Waals surface area contributed by atoms with Gasteiger partial charge in [0.15, 0.2) is 25.2 Å². The first-order valence-electron chi connectivity index (χ1n) is 17.6. The van der Waals surface area contributed by atoms with Crippen LogP contribution in [0.3, 0.4) is 0 Å². The molecular weight excluding hydrogens is 792 g/mol. The highest BCUT2D eigenvalue weighted by Crippen LogP contribution is 2.39. The monoisotopic (exact) mass is 846 g/mol. The van der Waals surface area contributed by atoms with Crippen LogP contribution in [0.15, 0.2) is 0 Å². The van der Waals surface area contributed by atoms with Gasteiger partial charge in [-0.15, -0.1) is 0 Å². The molecule has 5 heterocycles. The van der Waals surface area contributed by atoms with Gasteiger partial charge in [0.1, 0.15) is 123 Å². The molecule has 0 radical (unpaired) electrons. The molecule has 0 aromatic carbocycles. The Balaban J connectivity index is 0.000000273. The van der Waals surface area contributed by atoms with Crippen LogP contribution < -0.4 is 0 Å². The lowest BCUT2D eigenvalue weighted by Gasteiger charge is -2.45. The molecule has 5 aliphatic heterocycles. The van der Waals surface area contributed by atoms with Gasteiger partial charge in [-0.1, -0.05) is 0 Å². The molecule has 0 aromatic rings. The maximum atomic E-state index is 10.6. The average molecular weight is 847 g/mol. The van der Waals surface area contributed by atoms with Crippen LogP contribution in [0.25, 0.3) is 0 Å². The molecule has 5 rings (SSSR count). The van der Waals surface area contributed by atoms with E-state index in [-0.39, 0.29) is 0 Å².